The molecule has 0 aromatic heterocycles. The number of aliphatic hydroxyl groups is 1. The molecule has 0 saturated carbocycles. The van der Waals surface area contributed by atoms with Crippen molar-refractivity contribution in [2.75, 3.05) is 39.6 Å². The molecular formula is C66H128O17P2. The highest BCUT2D eigenvalue weighted by Crippen LogP contribution is 2.45. The van der Waals surface area contributed by atoms with Gasteiger partial charge >= 0.3 is 39.5 Å². The highest BCUT2D eigenvalue weighted by atomic mass is 31.2. The maximum absolute atomic E-state index is 13.0. The zero-order chi connectivity index (χ0) is 62.9. The van der Waals surface area contributed by atoms with E-state index in [9.17, 15) is 43.2 Å². The van der Waals surface area contributed by atoms with Gasteiger partial charge in [-0.05, 0) is 37.5 Å². The lowest BCUT2D eigenvalue weighted by Crippen LogP contribution is -2.30. The lowest BCUT2D eigenvalue weighted by atomic mass is 9.99. The second-order valence-electron chi connectivity index (χ2n) is 24.6. The number of hydrogen-bond acceptors (Lipinski definition) is 15. The number of aliphatic hydroxyl groups excluding tert-OH is 1. The van der Waals surface area contributed by atoms with Crippen molar-refractivity contribution in [1.82, 2.24) is 0 Å². The second-order valence-corrected chi connectivity index (χ2v) is 27.5. The van der Waals surface area contributed by atoms with Crippen LogP contribution in [-0.4, -0.2) is 96.7 Å². The normalized spacial score (nSPS) is 14.6. The van der Waals surface area contributed by atoms with E-state index in [1.165, 1.54) is 135 Å². The molecule has 504 valence electrons. The van der Waals surface area contributed by atoms with Crippen LogP contribution >= 0.6 is 15.6 Å². The Hall–Kier alpha value is -1.94. The van der Waals surface area contributed by atoms with Crippen LogP contribution in [0.1, 0.15) is 330 Å². The third-order valence-electron chi connectivity index (χ3n) is 15.6. The molecule has 0 radical (unpaired) electrons. The van der Waals surface area contributed by atoms with Crippen molar-refractivity contribution in [3.63, 3.8) is 0 Å². The minimum absolute atomic E-state index is 0.105. The van der Waals surface area contributed by atoms with Crippen LogP contribution in [0.15, 0.2) is 0 Å². The number of rotatable bonds is 65. The van der Waals surface area contributed by atoms with Crippen molar-refractivity contribution >= 4 is 39.5 Å². The smallest absolute Gasteiger partial charge is 0.462 e. The van der Waals surface area contributed by atoms with Gasteiger partial charge in [-0.1, -0.05) is 279 Å². The Bertz CT molecular complexity index is 1670. The molecule has 0 fully saturated rings. The number of phosphoric acid groups is 2. The fourth-order valence-electron chi connectivity index (χ4n) is 9.85. The summed E-state index contributed by atoms with van der Waals surface area (Å²) in [4.78, 5) is 72.2. The van der Waals surface area contributed by atoms with E-state index in [1.54, 1.807) is 0 Å². The summed E-state index contributed by atoms with van der Waals surface area (Å²) in [5, 5.41) is 10.5. The Balaban J connectivity index is 5.21. The van der Waals surface area contributed by atoms with Gasteiger partial charge in [0.2, 0.25) is 0 Å². The van der Waals surface area contributed by atoms with E-state index >= 15 is 0 Å². The second kappa shape index (κ2) is 58.4. The molecule has 85 heavy (non-hydrogen) atoms. The summed E-state index contributed by atoms with van der Waals surface area (Å²) >= 11 is 0. The van der Waals surface area contributed by atoms with Gasteiger partial charge in [0, 0.05) is 25.7 Å². The summed E-state index contributed by atoms with van der Waals surface area (Å²) in [7, 11) is -9.88. The molecule has 3 N–H and O–H groups in total. The van der Waals surface area contributed by atoms with Gasteiger partial charge in [-0.3, -0.25) is 37.3 Å². The predicted octanol–water partition coefficient (Wildman–Crippen LogP) is 18.4. The molecule has 6 atom stereocenters. The van der Waals surface area contributed by atoms with Gasteiger partial charge in [0.25, 0.3) is 0 Å². The molecule has 19 heteroatoms. The van der Waals surface area contributed by atoms with Crippen molar-refractivity contribution in [2.45, 2.75) is 349 Å². The number of hydrogen-bond donors (Lipinski definition) is 3. The molecule has 3 unspecified atom stereocenters. The van der Waals surface area contributed by atoms with Gasteiger partial charge < -0.3 is 33.8 Å². The van der Waals surface area contributed by atoms with Crippen LogP contribution in [0.5, 0.6) is 0 Å². The van der Waals surface area contributed by atoms with Gasteiger partial charge in [-0.15, -0.1) is 0 Å². The van der Waals surface area contributed by atoms with Crippen LogP contribution in [-0.2, 0) is 65.4 Å². The van der Waals surface area contributed by atoms with Crippen molar-refractivity contribution < 1.29 is 80.2 Å². The minimum Gasteiger partial charge on any atom is -0.462 e. The zero-order valence-corrected chi connectivity index (χ0v) is 56.7. The van der Waals surface area contributed by atoms with E-state index in [-0.39, 0.29) is 25.7 Å². The maximum Gasteiger partial charge on any atom is 0.472 e. The van der Waals surface area contributed by atoms with Crippen molar-refractivity contribution in [3.05, 3.63) is 0 Å². The SMILES string of the molecule is CCCCCCCCCCCC(=O)O[C@H](COC(=O)CCCCCCCCC)COP(=O)(O)OC[C@H](O)COP(=O)(O)OC[C@@H](COC(=O)CCCCCCCCCCCCC(C)CC)OC(=O)CCCCCCCCCCCCCCC(C)C. The van der Waals surface area contributed by atoms with E-state index in [4.69, 9.17) is 37.0 Å². The molecule has 0 aliphatic carbocycles. The summed E-state index contributed by atoms with van der Waals surface area (Å²) in [5.74, 6) is -0.549. The molecule has 0 amide bonds. The standard InChI is InChI=1S/C66H128O17P2/c1-7-10-12-14-16-23-32-38-44-50-65(70)82-61(54-76-63(68)48-42-36-28-15-13-11-8-2)56-80-84(72,73)78-52-60(67)53-79-85(74,75)81-57-62(55-77-64(69)49-43-37-31-26-22-21-25-30-35-41-47-59(6)9-3)83-66(71)51-45-39-33-27-20-18-17-19-24-29-34-40-46-58(4)5/h58-62,67H,7-57H2,1-6H3,(H,72,73)(H,74,75)/t59?,60-,61+,62+/m0/s1. The van der Waals surface area contributed by atoms with Gasteiger partial charge in [-0.2, -0.15) is 0 Å². The minimum atomic E-state index is -4.95. The summed E-state index contributed by atoms with van der Waals surface area (Å²) in [6.45, 7) is 9.50. The third kappa shape index (κ3) is 59.5. The number of unbranched alkanes of at least 4 members (excludes halogenated alkanes) is 34. The average Bonchev–Trinajstić information content (AvgIpc) is 3.50. The fourth-order valence-corrected chi connectivity index (χ4v) is 11.4. The van der Waals surface area contributed by atoms with Crippen LogP contribution in [0.3, 0.4) is 0 Å². The van der Waals surface area contributed by atoms with E-state index in [0.717, 1.165) is 115 Å². The monoisotopic (exact) mass is 1250 g/mol. The van der Waals surface area contributed by atoms with E-state index < -0.39 is 97.5 Å². The van der Waals surface area contributed by atoms with Gasteiger partial charge in [0.15, 0.2) is 12.2 Å². The first-order valence-electron chi connectivity index (χ1n) is 34.5. The van der Waals surface area contributed by atoms with Gasteiger partial charge in [0.05, 0.1) is 26.4 Å². The predicted molar refractivity (Wildman–Crippen MR) is 340 cm³/mol. The first-order chi connectivity index (χ1) is 40.9. The maximum atomic E-state index is 13.0. The first kappa shape index (κ1) is 83.1. The Morgan fingerprint density at radius 2 is 0.600 bits per heavy atom. The lowest BCUT2D eigenvalue weighted by molar-refractivity contribution is -0.161. The highest BCUT2D eigenvalue weighted by molar-refractivity contribution is 7.47. The quantitative estimate of drug-likeness (QED) is 0.0222. The van der Waals surface area contributed by atoms with Crippen LogP contribution in [0.4, 0.5) is 0 Å². The molecule has 0 aliphatic rings. The van der Waals surface area contributed by atoms with Crippen molar-refractivity contribution in [2.24, 2.45) is 11.8 Å². The summed E-state index contributed by atoms with van der Waals surface area (Å²) < 4.78 is 68.0. The zero-order valence-electron chi connectivity index (χ0n) is 54.9. The summed E-state index contributed by atoms with van der Waals surface area (Å²) in [5.41, 5.74) is 0. The molecule has 0 rings (SSSR count). The van der Waals surface area contributed by atoms with Crippen LogP contribution < -0.4 is 0 Å². The Kier molecular flexibility index (Phi) is 57.1. The largest absolute Gasteiger partial charge is 0.472 e. The molecule has 0 saturated heterocycles. The number of carbonyl (C=O) groups is 4. The molecule has 0 aromatic carbocycles. The molecule has 0 aromatic rings. The number of ether oxygens (including phenoxy) is 4. The third-order valence-corrected chi connectivity index (χ3v) is 17.5. The average molecular weight is 1260 g/mol. The van der Waals surface area contributed by atoms with E-state index in [2.05, 4.69) is 41.5 Å². The van der Waals surface area contributed by atoms with Crippen LogP contribution in [0.25, 0.3) is 0 Å². The Labute approximate surface area is 517 Å². The first-order valence-corrected chi connectivity index (χ1v) is 37.5. The molecule has 17 nitrogen and oxygen atoms in total. The summed E-state index contributed by atoms with van der Waals surface area (Å²) in [6.07, 6.45) is 41.7. The van der Waals surface area contributed by atoms with Gasteiger partial charge in [-0.25, -0.2) is 9.13 Å². The molecular weight excluding hydrogens is 1130 g/mol. The van der Waals surface area contributed by atoms with Crippen LogP contribution in [0.2, 0.25) is 0 Å². The number of esters is 4. The van der Waals surface area contributed by atoms with Crippen molar-refractivity contribution in [1.29, 1.82) is 0 Å². The topological polar surface area (TPSA) is 237 Å². The number of phosphoric ester groups is 2. The molecule has 0 bridgehead atoms. The summed E-state index contributed by atoms with van der Waals surface area (Å²) in [6, 6.07) is 0. The van der Waals surface area contributed by atoms with Crippen molar-refractivity contribution in [3.8, 4) is 0 Å². The van der Waals surface area contributed by atoms with E-state index in [0.29, 0.717) is 25.7 Å². The van der Waals surface area contributed by atoms with E-state index in [1.807, 2.05) is 0 Å². The molecule has 0 spiro atoms. The Morgan fingerprint density at radius 1 is 0.341 bits per heavy atom. The highest BCUT2D eigenvalue weighted by Gasteiger charge is 2.30. The molecule has 0 heterocycles. The van der Waals surface area contributed by atoms with Gasteiger partial charge in [0.1, 0.15) is 19.3 Å². The lowest BCUT2D eigenvalue weighted by Gasteiger charge is -2.21. The fraction of sp³-hybridized carbons (Fsp3) is 0.939. The molecule has 0 aliphatic heterocycles. The van der Waals surface area contributed by atoms with Crippen LogP contribution in [0, 0.1) is 11.8 Å². The number of carbonyl (C=O) groups excluding carboxylic acids is 4. The Morgan fingerprint density at radius 3 is 0.894 bits per heavy atom.